The number of hydrogen-bond donors (Lipinski definition) is 1. The van der Waals surface area contributed by atoms with Gasteiger partial charge in [0.1, 0.15) is 0 Å². The van der Waals surface area contributed by atoms with Crippen LogP contribution >= 0.6 is 15.9 Å². The van der Waals surface area contributed by atoms with Crippen molar-refractivity contribution >= 4 is 42.1 Å². The molecule has 8 nitrogen and oxygen atoms in total. The number of sulfonamides is 1. The molecule has 0 aliphatic heterocycles. The van der Waals surface area contributed by atoms with Gasteiger partial charge in [-0.15, -0.1) is 0 Å². The van der Waals surface area contributed by atoms with Gasteiger partial charge in [0.2, 0.25) is 10.0 Å². The lowest BCUT2D eigenvalue weighted by atomic mass is 10.2. The molecule has 0 fully saturated rings. The van der Waals surface area contributed by atoms with E-state index < -0.39 is 26.1 Å². The first kappa shape index (κ1) is 21.0. The van der Waals surface area contributed by atoms with E-state index in [0.29, 0.717) is 0 Å². The van der Waals surface area contributed by atoms with E-state index in [9.17, 15) is 21.6 Å². The Hall–Kier alpha value is -1.01. The zero-order chi connectivity index (χ0) is 18.7. The zero-order valence-corrected chi connectivity index (χ0v) is 17.0. The van der Waals surface area contributed by atoms with E-state index in [1.165, 1.54) is 26.2 Å². The van der Waals surface area contributed by atoms with Gasteiger partial charge in [-0.05, 0) is 34.1 Å². The van der Waals surface area contributed by atoms with Crippen LogP contribution in [0.3, 0.4) is 0 Å². The molecule has 0 aliphatic rings. The van der Waals surface area contributed by atoms with Gasteiger partial charge in [0.05, 0.1) is 4.90 Å². The van der Waals surface area contributed by atoms with Crippen molar-refractivity contribution in [1.29, 1.82) is 0 Å². The summed E-state index contributed by atoms with van der Waals surface area (Å²) in [5, 5.41) is 0. The third kappa shape index (κ3) is 4.54. The molecule has 0 saturated carbocycles. The molecule has 1 N–H and O–H groups in total. The number of carbonyl (C=O) groups is 1. The molecule has 0 radical (unpaired) electrons. The van der Waals surface area contributed by atoms with E-state index >= 15 is 0 Å². The fourth-order valence-corrected chi connectivity index (χ4v) is 4.85. The minimum Gasteiger partial charge on any atom is -0.268 e. The monoisotopic (exact) mass is 441 g/mol. The number of nitrogens with one attached hydrogen (secondary N) is 1. The van der Waals surface area contributed by atoms with Crippen molar-refractivity contribution in [2.24, 2.45) is 0 Å². The highest BCUT2D eigenvalue weighted by Gasteiger charge is 2.25. The summed E-state index contributed by atoms with van der Waals surface area (Å²) < 4.78 is 53.0. The van der Waals surface area contributed by atoms with Crippen LogP contribution in [0, 0.1) is 0 Å². The normalized spacial score (nSPS) is 12.6. The number of hydrogen-bond acceptors (Lipinski definition) is 5. The molecule has 0 saturated heterocycles. The first-order valence-corrected chi connectivity index (χ1v) is 10.7. The Bertz CT molecular complexity index is 818. The van der Waals surface area contributed by atoms with Gasteiger partial charge in [0, 0.05) is 37.2 Å². The quantitative estimate of drug-likeness (QED) is 0.679. The van der Waals surface area contributed by atoms with E-state index in [2.05, 4.69) is 15.9 Å². The number of benzene rings is 1. The zero-order valence-electron chi connectivity index (χ0n) is 13.8. The van der Waals surface area contributed by atoms with Crippen molar-refractivity contribution in [2.45, 2.75) is 18.7 Å². The van der Waals surface area contributed by atoms with Gasteiger partial charge in [-0.3, -0.25) is 4.79 Å². The highest BCUT2D eigenvalue weighted by molar-refractivity contribution is 9.10. The van der Waals surface area contributed by atoms with E-state index in [4.69, 9.17) is 0 Å². The second-order valence-corrected chi connectivity index (χ2v) is 9.60. The number of rotatable bonds is 7. The minimum atomic E-state index is -3.98. The van der Waals surface area contributed by atoms with Crippen LogP contribution in [0.1, 0.15) is 24.2 Å². The van der Waals surface area contributed by atoms with Crippen molar-refractivity contribution in [2.75, 3.05) is 27.2 Å². The Balaban J connectivity index is 3.24. The Labute approximate surface area is 151 Å². The summed E-state index contributed by atoms with van der Waals surface area (Å²) in [6.07, 6.45) is 0. The fourth-order valence-electron chi connectivity index (χ4n) is 1.84. The molecule has 0 aliphatic carbocycles. The van der Waals surface area contributed by atoms with E-state index in [1.807, 2.05) is 4.72 Å². The van der Waals surface area contributed by atoms with Crippen LogP contribution < -0.4 is 4.72 Å². The van der Waals surface area contributed by atoms with Crippen LogP contribution in [0.2, 0.25) is 0 Å². The third-order valence-corrected chi connectivity index (χ3v) is 7.67. The van der Waals surface area contributed by atoms with Crippen LogP contribution in [0.4, 0.5) is 0 Å². The Morgan fingerprint density at radius 2 is 1.67 bits per heavy atom. The summed E-state index contributed by atoms with van der Waals surface area (Å²) in [6, 6.07) is 3.85. The number of carbonyl (C=O) groups excluding carboxylic acids is 1. The molecule has 1 rings (SSSR count). The number of amides is 1. The lowest BCUT2D eigenvalue weighted by Crippen LogP contribution is -2.43. The molecular weight excluding hydrogens is 422 g/mol. The van der Waals surface area contributed by atoms with Gasteiger partial charge in [-0.1, -0.05) is 13.8 Å². The first-order valence-electron chi connectivity index (χ1n) is 7.01. The second-order valence-electron chi connectivity index (χ2n) is 4.95. The van der Waals surface area contributed by atoms with Gasteiger partial charge in [0.15, 0.2) is 0 Å². The second kappa shape index (κ2) is 7.91. The van der Waals surface area contributed by atoms with E-state index in [0.717, 1.165) is 14.7 Å². The van der Waals surface area contributed by atoms with Crippen molar-refractivity contribution in [3.05, 3.63) is 28.2 Å². The lowest BCUT2D eigenvalue weighted by molar-refractivity contribution is 0.0979. The van der Waals surface area contributed by atoms with Crippen LogP contribution in [0.25, 0.3) is 0 Å². The Morgan fingerprint density at radius 1 is 1.12 bits per heavy atom. The molecule has 0 unspecified atom stereocenters. The highest BCUT2D eigenvalue weighted by atomic mass is 79.9. The van der Waals surface area contributed by atoms with Crippen molar-refractivity contribution in [3.8, 4) is 0 Å². The molecule has 0 aromatic heterocycles. The SMILES string of the molecule is CCN(CC)S(=O)(=O)NC(=O)c1ccc(Br)c(S(=O)(=O)N(C)C)c1. The van der Waals surface area contributed by atoms with Gasteiger partial charge in [0.25, 0.3) is 5.91 Å². The molecule has 0 heterocycles. The lowest BCUT2D eigenvalue weighted by Gasteiger charge is -2.19. The predicted octanol–water partition coefficient (Wildman–Crippen LogP) is 1.02. The van der Waals surface area contributed by atoms with Crippen molar-refractivity contribution in [1.82, 2.24) is 13.3 Å². The van der Waals surface area contributed by atoms with Crippen LogP contribution in [0.15, 0.2) is 27.6 Å². The molecule has 1 aromatic carbocycles. The summed E-state index contributed by atoms with van der Waals surface area (Å²) in [7, 11) is -5.05. The van der Waals surface area contributed by atoms with Gasteiger partial charge < -0.3 is 0 Å². The average Bonchev–Trinajstić information content (AvgIpc) is 2.47. The maximum absolute atomic E-state index is 12.3. The Kier molecular flexibility index (Phi) is 6.94. The molecule has 1 aromatic rings. The standard InChI is InChI=1S/C13H20BrN3O5S2/c1-5-17(6-2)24(21,22)15-13(18)10-7-8-11(14)12(9-10)23(19,20)16(3)4/h7-9H,5-6H2,1-4H3,(H,15,18). The summed E-state index contributed by atoms with van der Waals surface area (Å²) in [5.41, 5.74) is -0.0747. The van der Waals surface area contributed by atoms with Gasteiger partial charge in [-0.25, -0.2) is 17.4 Å². The number of nitrogens with zero attached hydrogens (tertiary/aromatic N) is 2. The van der Waals surface area contributed by atoms with Crippen LogP contribution in [-0.4, -0.2) is 58.5 Å². The molecule has 0 atom stereocenters. The molecule has 1 amide bonds. The van der Waals surface area contributed by atoms with Crippen molar-refractivity contribution in [3.63, 3.8) is 0 Å². The fraction of sp³-hybridized carbons (Fsp3) is 0.462. The Morgan fingerprint density at radius 3 is 2.12 bits per heavy atom. The van der Waals surface area contributed by atoms with Crippen LogP contribution in [-0.2, 0) is 20.2 Å². The first-order chi connectivity index (χ1) is 11.0. The smallest absolute Gasteiger partial charge is 0.268 e. The average molecular weight is 442 g/mol. The third-order valence-electron chi connectivity index (χ3n) is 3.22. The molecule has 24 heavy (non-hydrogen) atoms. The molecular formula is C13H20BrN3O5S2. The number of halogens is 1. The van der Waals surface area contributed by atoms with Gasteiger partial charge in [-0.2, -0.15) is 12.7 Å². The predicted molar refractivity (Wildman–Crippen MR) is 94.3 cm³/mol. The van der Waals surface area contributed by atoms with E-state index in [-0.39, 0.29) is 28.0 Å². The molecule has 11 heteroatoms. The topological polar surface area (TPSA) is 104 Å². The molecule has 0 bridgehead atoms. The summed E-state index contributed by atoms with van der Waals surface area (Å²) in [5.74, 6) is -0.899. The van der Waals surface area contributed by atoms with Crippen molar-refractivity contribution < 1.29 is 21.6 Å². The molecule has 136 valence electrons. The van der Waals surface area contributed by atoms with Crippen LogP contribution in [0.5, 0.6) is 0 Å². The summed E-state index contributed by atoms with van der Waals surface area (Å²) >= 11 is 3.13. The minimum absolute atomic E-state index is 0.0747. The summed E-state index contributed by atoms with van der Waals surface area (Å²) in [6.45, 7) is 3.71. The largest absolute Gasteiger partial charge is 0.304 e. The highest BCUT2D eigenvalue weighted by Crippen LogP contribution is 2.25. The maximum Gasteiger partial charge on any atom is 0.304 e. The maximum atomic E-state index is 12.3. The van der Waals surface area contributed by atoms with Gasteiger partial charge >= 0.3 is 10.2 Å². The summed E-state index contributed by atoms with van der Waals surface area (Å²) in [4.78, 5) is 12.1. The molecule has 0 spiro atoms. The van der Waals surface area contributed by atoms with E-state index in [1.54, 1.807) is 13.8 Å².